The van der Waals surface area contributed by atoms with E-state index >= 15 is 0 Å². The van der Waals surface area contributed by atoms with Crippen LogP contribution in [-0.2, 0) is 18.0 Å². The van der Waals surface area contributed by atoms with Crippen LogP contribution in [0.3, 0.4) is 0 Å². The summed E-state index contributed by atoms with van der Waals surface area (Å²) in [7, 11) is 4.68. The number of carbonyl (C=O) groups excluding carboxylic acids is 2. The van der Waals surface area contributed by atoms with Crippen molar-refractivity contribution < 1.29 is 22.8 Å². The minimum Gasteiger partial charge on any atom is -0.343 e. The van der Waals surface area contributed by atoms with Crippen molar-refractivity contribution in [1.29, 1.82) is 0 Å². The molecule has 0 aliphatic rings. The van der Waals surface area contributed by atoms with Crippen LogP contribution in [0, 0.1) is 13.8 Å². The van der Waals surface area contributed by atoms with E-state index < -0.39 is 34.7 Å². The second kappa shape index (κ2) is 7.46. The van der Waals surface area contributed by atoms with Gasteiger partial charge in [-0.25, -0.2) is 0 Å². The predicted molar refractivity (Wildman–Crippen MR) is 96.3 cm³/mol. The van der Waals surface area contributed by atoms with Crippen LogP contribution >= 0.6 is 11.6 Å². The summed E-state index contributed by atoms with van der Waals surface area (Å²) in [5.74, 6) is -1.09. The standard InChI is InChI=1S/C16H20ClF3N6O2/c1-7-10(17)13(16(18,19)20)23-26(7)9(3)14(27)21-11-8(2)25(6)22-12(11)15(28)24(4)5/h9H,1-6H3,(H,21,27). The lowest BCUT2D eigenvalue weighted by molar-refractivity contribution is -0.141. The summed E-state index contributed by atoms with van der Waals surface area (Å²) in [6.45, 7) is 4.37. The number of rotatable bonds is 4. The van der Waals surface area contributed by atoms with Crippen LogP contribution in [0.15, 0.2) is 0 Å². The highest BCUT2D eigenvalue weighted by atomic mass is 35.5. The van der Waals surface area contributed by atoms with Crippen molar-refractivity contribution in [3.63, 3.8) is 0 Å². The first kappa shape index (κ1) is 21.7. The molecule has 2 amide bonds. The number of amides is 2. The van der Waals surface area contributed by atoms with Gasteiger partial charge in [-0.15, -0.1) is 0 Å². The number of alkyl halides is 3. The van der Waals surface area contributed by atoms with E-state index in [2.05, 4.69) is 15.5 Å². The fraction of sp³-hybridized carbons (Fsp3) is 0.500. The Morgan fingerprint density at radius 2 is 1.75 bits per heavy atom. The SMILES string of the molecule is Cc1c(NC(=O)C(C)n2nc(C(F)(F)F)c(Cl)c2C)c(C(=O)N(C)C)nn1C. The minimum absolute atomic E-state index is 0.00383. The predicted octanol–water partition coefficient (Wildman–Crippen LogP) is 2.81. The molecule has 2 heterocycles. The first-order valence-corrected chi connectivity index (χ1v) is 8.53. The van der Waals surface area contributed by atoms with E-state index in [9.17, 15) is 22.8 Å². The second-order valence-electron chi connectivity index (χ2n) is 6.49. The lowest BCUT2D eigenvalue weighted by Crippen LogP contribution is -2.28. The zero-order valence-electron chi connectivity index (χ0n) is 16.1. The van der Waals surface area contributed by atoms with Crippen LogP contribution in [-0.4, -0.2) is 50.4 Å². The summed E-state index contributed by atoms with van der Waals surface area (Å²) in [5.41, 5.74) is -0.532. The molecule has 0 bridgehead atoms. The molecule has 0 aromatic carbocycles. The van der Waals surface area contributed by atoms with E-state index in [0.717, 1.165) is 4.68 Å². The summed E-state index contributed by atoms with van der Waals surface area (Å²) in [5, 5.41) is 9.57. The van der Waals surface area contributed by atoms with Crippen molar-refractivity contribution in [3.05, 3.63) is 27.8 Å². The van der Waals surface area contributed by atoms with Gasteiger partial charge in [0.15, 0.2) is 11.4 Å². The quantitative estimate of drug-likeness (QED) is 0.824. The normalized spacial score (nSPS) is 12.8. The molecule has 0 radical (unpaired) electrons. The molecule has 8 nitrogen and oxygen atoms in total. The van der Waals surface area contributed by atoms with E-state index in [1.165, 1.54) is 37.5 Å². The van der Waals surface area contributed by atoms with E-state index in [0.29, 0.717) is 5.69 Å². The van der Waals surface area contributed by atoms with Gasteiger partial charge in [0, 0.05) is 21.1 Å². The molecule has 0 spiro atoms. The molecule has 0 fully saturated rings. The molecule has 2 rings (SSSR count). The number of anilines is 1. The first-order chi connectivity index (χ1) is 12.8. The third-order valence-corrected chi connectivity index (χ3v) is 4.74. The summed E-state index contributed by atoms with van der Waals surface area (Å²) in [6, 6.07) is -1.12. The average Bonchev–Trinajstić information content (AvgIpc) is 3.04. The first-order valence-electron chi connectivity index (χ1n) is 8.15. The van der Waals surface area contributed by atoms with Crippen LogP contribution < -0.4 is 5.32 Å². The molecule has 2 aromatic heterocycles. The average molecular weight is 421 g/mol. The third-order valence-electron chi connectivity index (χ3n) is 4.28. The molecular weight excluding hydrogens is 401 g/mol. The van der Waals surface area contributed by atoms with Gasteiger partial charge < -0.3 is 10.2 Å². The lowest BCUT2D eigenvalue weighted by atomic mass is 10.2. The number of nitrogens with one attached hydrogen (secondary N) is 1. The van der Waals surface area contributed by atoms with Crippen LogP contribution in [0.1, 0.15) is 40.5 Å². The topological polar surface area (TPSA) is 85.1 Å². The highest BCUT2D eigenvalue weighted by Crippen LogP contribution is 2.36. The molecule has 1 N–H and O–H groups in total. The Labute approximate surface area is 164 Å². The number of carbonyl (C=O) groups is 2. The Morgan fingerprint density at radius 1 is 1.18 bits per heavy atom. The summed E-state index contributed by atoms with van der Waals surface area (Å²) in [6.07, 6.45) is -4.74. The molecule has 0 saturated carbocycles. The van der Waals surface area contributed by atoms with Crippen LogP contribution in [0.4, 0.5) is 18.9 Å². The smallest absolute Gasteiger partial charge is 0.343 e. The van der Waals surface area contributed by atoms with Gasteiger partial charge in [0.2, 0.25) is 5.91 Å². The fourth-order valence-corrected chi connectivity index (χ4v) is 2.75. The fourth-order valence-electron chi connectivity index (χ4n) is 2.51. The highest BCUT2D eigenvalue weighted by molar-refractivity contribution is 6.32. The number of halogens is 4. The molecule has 12 heteroatoms. The number of aromatic nitrogens is 4. The van der Waals surface area contributed by atoms with Gasteiger partial charge in [0.05, 0.1) is 22.1 Å². The van der Waals surface area contributed by atoms with Crippen LogP contribution in [0.5, 0.6) is 0 Å². The Hall–Kier alpha value is -2.56. The van der Waals surface area contributed by atoms with Gasteiger partial charge in [0.25, 0.3) is 5.91 Å². The van der Waals surface area contributed by atoms with Crippen molar-refractivity contribution >= 4 is 29.1 Å². The summed E-state index contributed by atoms with van der Waals surface area (Å²) < 4.78 is 41.4. The van der Waals surface area contributed by atoms with Gasteiger partial charge >= 0.3 is 6.18 Å². The largest absolute Gasteiger partial charge is 0.436 e. The Kier molecular flexibility index (Phi) is 5.79. The van der Waals surface area contributed by atoms with Gasteiger partial charge in [-0.2, -0.15) is 23.4 Å². The van der Waals surface area contributed by atoms with Crippen LogP contribution in [0.25, 0.3) is 0 Å². The summed E-state index contributed by atoms with van der Waals surface area (Å²) >= 11 is 5.74. The maximum atomic E-state index is 13.0. The number of hydrogen-bond acceptors (Lipinski definition) is 4. The van der Waals surface area contributed by atoms with Gasteiger partial charge in [-0.3, -0.25) is 19.0 Å². The van der Waals surface area contributed by atoms with Crippen LogP contribution in [0.2, 0.25) is 5.02 Å². The Bertz CT molecular complexity index is 932. The number of nitrogens with zero attached hydrogens (tertiary/aromatic N) is 5. The van der Waals surface area contributed by atoms with E-state index in [-0.39, 0.29) is 17.1 Å². The van der Waals surface area contributed by atoms with Gasteiger partial charge in [0.1, 0.15) is 6.04 Å². The second-order valence-corrected chi connectivity index (χ2v) is 6.87. The maximum absolute atomic E-state index is 13.0. The van der Waals surface area contributed by atoms with Crippen molar-refractivity contribution in [2.45, 2.75) is 33.0 Å². The van der Waals surface area contributed by atoms with E-state index in [1.54, 1.807) is 14.0 Å². The van der Waals surface area contributed by atoms with E-state index in [1.807, 2.05) is 0 Å². The van der Waals surface area contributed by atoms with Gasteiger partial charge in [-0.05, 0) is 20.8 Å². The molecule has 154 valence electrons. The molecule has 1 unspecified atom stereocenters. The summed E-state index contributed by atoms with van der Waals surface area (Å²) in [4.78, 5) is 26.3. The van der Waals surface area contributed by atoms with Crippen molar-refractivity contribution in [1.82, 2.24) is 24.5 Å². The van der Waals surface area contributed by atoms with Crippen molar-refractivity contribution in [2.75, 3.05) is 19.4 Å². The van der Waals surface area contributed by atoms with Crippen molar-refractivity contribution in [3.8, 4) is 0 Å². The Balaban J connectivity index is 2.38. The lowest BCUT2D eigenvalue weighted by Gasteiger charge is -2.16. The molecule has 0 saturated heterocycles. The Morgan fingerprint density at radius 3 is 2.21 bits per heavy atom. The van der Waals surface area contributed by atoms with E-state index in [4.69, 9.17) is 11.6 Å². The maximum Gasteiger partial charge on any atom is 0.436 e. The zero-order valence-corrected chi connectivity index (χ0v) is 16.9. The third kappa shape index (κ3) is 3.84. The number of aryl methyl sites for hydroxylation is 1. The molecular formula is C16H20ClF3N6O2. The zero-order chi connectivity index (χ0) is 21.5. The molecule has 2 aromatic rings. The van der Waals surface area contributed by atoms with Gasteiger partial charge in [-0.1, -0.05) is 11.6 Å². The molecule has 28 heavy (non-hydrogen) atoms. The minimum atomic E-state index is -4.74. The highest BCUT2D eigenvalue weighted by Gasteiger charge is 2.39. The number of hydrogen-bond donors (Lipinski definition) is 1. The van der Waals surface area contributed by atoms with Crippen molar-refractivity contribution in [2.24, 2.45) is 7.05 Å². The monoisotopic (exact) mass is 420 g/mol. The molecule has 1 atom stereocenters. The molecule has 0 aliphatic carbocycles. The molecule has 0 aliphatic heterocycles.